The van der Waals surface area contributed by atoms with Crippen LogP contribution < -0.4 is 0 Å². The third-order valence-corrected chi connectivity index (χ3v) is 3.47. The second-order valence-electron chi connectivity index (χ2n) is 4.05. The maximum absolute atomic E-state index is 12.0. The molecule has 0 N–H and O–H groups in total. The molecule has 0 bridgehead atoms. The fourth-order valence-electron chi connectivity index (χ4n) is 1.71. The maximum atomic E-state index is 12.0. The molecule has 0 saturated carbocycles. The molecule has 0 amide bonds. The quantitative estimate of drug-likeness (QED) is 0.804. The Morgan fingerprint density at radius 3 is 2.83 bits per heavy atom. The number of ketones is 1. The van der Waals surface area contributed by atoms with E-state index in [2.05, 4.69) is 5.10 Å². The number of carbonyl (C=O) groups is 1. The predicted octanol–water partition coefficient (Wildman–Crippen LogP) is 3.54. The molecule has 1 heterocycles. The maximum Gasteiger partial charge on any atom is 0.164 e. The van der Waals surface area contributed by atoms with Gasteiger partial charge in [-0.25, -0.2) is 0 Å². The first-order chi connectivity index (χ1) is 8.58. The molecule has 0 aliphatic heterocycles. The van der Waals surface area contributed by atoms with Gasteiger partial charge >= 0.3 is 0 Å². The van der Waals surface area contributed by atoms with Crippen LogP contribution in [0.15, 0.2) is 30.6 Å². The molecule has 94 valence electrons. The molecule has 2 rings (SSSR count). The summed E-state index contributed by atoms with van der Waals surface area (Å²) >= 11 is 11.9. The van der Waals surface area contributed by atoms with Crippen molar-refractivity contribution in [2.75, 3.05) is 0 Å². The highest BCUT2D eigenvalue weighted by molar-refractivity contribution is 6.43. The zero-order chi connectivity index (χ0) is 13.1. The van der Waals surface area contributed by atoms with Crippen molar-refractivity contribution < 1.29 is 4.79 Å². The summed E-state index contributed by atoms with van der Waals surface area (Å²) in [6, 6.07) is 5.09. The topological polar surface area (TPSA) is 34.9 Å². The van der Waals surface area contributed by atoms with Gasteiger partial charge in [-0.15, -0.1) is 0 Å². The minimum atomic E-state index is -0.00801. The largest absolute Gasteiger partial charge is 0.294 e. The van der Waals surface area contributed by atoms with Gasteiger partial charge in [0.25, 0.3) is 0 Å². The summed E-state index contributed by atoms with van der Waals surface area (Å²) in [6.07, 6.45) is 4.70. The van der Waals surface area contributed by atoms with E-state index in [0.717, 1.165) is 5.56 Å². The Balaban J connectivity index is 2.06. The summed E-state index contributed by atoms with van der Waals surface area (Å²) in [5.74, 6) is -0.00801. The summed E-state index contributed by atoms with van der Waals surface area (Å²) in [5, 5.41) is 4.79. The number of hydrogen-bond acceptors (Lipinski definition) is 2. The van der Waals surface area contributed by atoms with Crippen molar-refractivity contribution in [2.45, 2.75) is 12.8 Å². The molecule has 0 atom stereocenters. The van der Waals surface area contributed by atoms with E-state index in [1.807, 2.05) is 13.2 Å². The van der Waals surface area contributed by atoms with Crippen LogP contribution in [0.25, 0.3) is 0 Å². The first-order valence-corrected chi connectivity index (χ1v) is 6.28. The van der Waals surface area contributed by atoms with Gasteiger partial charge in [-0.1, -0.05) is 29.3 Å². The lowest BCUT2D eigenvalue weighted by Crippen LogP contribution is -2.02. The van der Waals surface area contributed by atoms with E-state index in [9.17, 15) is 4.79 Å². The molecule has 0 aliphatic carbocycles. The fourth-order valence-corrected chi connectivity index (χ4v) is 2.12. The first-order valence-electron chi connectivity index (χ1n) is 5.52. The Labute approximate surface area is 115 Å². The minimum Gasteiger partial charge on any atom is -0.294 e. The second-order valence-corrected chi connectivity index (χ2v) is 4.83. The number of nitrogens with zero attached hydrogens (tertiary/aromatic N) is 2. The van der Waals surface area contributed by atoms with E-state index < -0.39 is 0 Å². The molecule has 0 spiro atoms. The summed E-state index contributed by atoms with van der Waals surface area (Å²) in [7, 11) is 1.85. The molecule has 0 saturated heterocycles. The van der Waals surface area contributed by atoms with Crippen molar-refractivity contribution in [1.29, 1.82) is 0 Å². The lowest BCUT2D eigenvalue weighted by Gasteiger charge is -2.04. The van der Waals surface area contributed by atoms with Crippen LogP contribution in [-0.4, -0.2) is 15.6 Å². The molecule has 1 aromatic carbocycles. The first kappa shape index (κ1) is 13.1. The fraction of sp³-hybridized carbons (Fsp3) is 0.231. The van der Waals surface area contributed by atoms with E-state index >= 15 is 0 Å². The normalized spacial score (nSPS) is 10.6. The van der Waals surface area contributed by atoms with Crippen LogP contribution >= 0.6 is 23.2 Å². The number of halogens is 2. The molecule has 0 radical (unpaired) electrons. The molecule has 5 heteroatoms. The number of Topliss-reactive ketones (excluding diaryl/α,β-unsaturated/α-hetero) is 1. The highest BCUT2D eigenvalue weighted by Crippen LogP contribution is 2.26. The predicted molar refractivity (Wildman–Crippen MR) is 72.3 cm³/mol. The van der Waals surface area contributed by atoms with E-state index in [1.54, 1.807) is 29.1 Å². The van der Waals surface area contributed by atoms with Gasteiger partial charge in [0.1, 0.15) is 0 Å². The Morgan fingerprint density at radius 1 is 1.39 bits per heavy atom. The van der Waals surface area contributed by atoms with Crippen molar-refractivity contribution in [3.05, 3.63) is 51.8 Å². The van der Waals surface area contributed by atoms with E-state index in [1.165, 1.54) is 0 Å². The number of aromatic nitrogens is 2. The Morgan fingerprint density at radius 2 is 2.17 bits per heavy atom. The summed E-state index contributed by atoms with van der Waals surface area (Å²) in [6.45, 7) is 0. The molecule has 0 fully saturated rings. The van der Waals surface area contributed by atoms with Crippen molar-refractivity contribution in [2.24, 2.45) is 7.05 Å². The van der Waals surface area contributed by atoms with Crippen molar-refractivity contribution >= 4 is 29.0 Å². The van der Waals surface area contributed by atoms with Crippen molar-refractivity contribution in [3.63, 3.8) is 0 Å². The number of hydrogen-bond donors (Lipinski definition) is 0. The molecular formula is C13H12Cl2N2O. The van der Waals surface area contributed by atoms with E-state index in [-0.39, 0.29) is 5.78 Å². The highest BCUT2D eigenvalue weighted by Gasteiger charge is 2.12. The Bertz CT molecular complexity index is 578. The molecule has 18 heavy (non-hydrogen) atoms. The van der Waals surface area contributed by atoms with E-state index in [0.29, 0.717) is 28.5 Å². The number of carbonyl (C=O) groups excluding carboxylic acids is 1. The minimum absolute atomic E-state index is 0.00801. The van der Waals surface area contributed by atoms with Crippen molar-refractivity contribution in [1.82, 2.24) is 9.78 Å². The zero-order valence-corrected chi connectivity index (χ0v) is 11.4. The third-order valence-electron chi connectivity index (χ3n) is 2.65. The number of aryl methyl sites for hydroxylation is 2. The standard InChI is InChI=1S/C13H12Cl2N2O/c1-17-8-9(7-16-17)5-6-12(18)10-3-2-4-11(14)13(10)15/h2-4,7-8H,5-6H2,1H3. The summed E-state index contributed by atoms with van der Waals surface area (Å²) < 4.78 is 1.71. The van der Waals surface area contributed by atoms with Crippen LogP contribution in [0.5, 0.6) is 0 Å². The van der Waals surface area contributed by atoms with Gasteiger partial charge in [0.2, 0.25) is 0 Å². The zero-order valence-electron chi connectivity index (χ0n) is 9.86. The lowest BCUT2D eigenvalue weighted by molar-refractivity contribution is 0.0983. The van der Waals surface area contributed by atoms with Gasteiger partial charge in [-0.05, 0) is 24.1 Å². The molecule has 1 aromatic heterocycles. The summed E-state index contributed by atoms with van der Waals surface area (Å²) in [4.78, 5) is 12.0. The summed E-state index contributed by atoms with van der Waals surface area (Å²) in [5.41, 5.74) is 1.51. The van der Waals surface area contributed by atoms with Gasteiger partial charge in [0.15, 0.2) is 5.78 Å². The van der Waals surface area contributed by atoms with Crippen LogP contribution in [0, 0.1) is 0 Å². The number of benzene rings is 1. The van der Waals surface area contributed by atoms with Crippen LogP contribution in [0.1, 0.15) is 22.3 Å². The van der Waals surface area contributed by atoms with Gasteiger partial charge in [-0.3, -0.25) is 9.48 Å². The second kappa shape index (κ2) is 5.55. The Hall–Kier alpha value is -1.32. The van der Waals surface area contributed by atoms with Crippen LogP contribution in [0.2, 0.25) is 10.0 Å². The molecule has 0 unspecified atom stereocenters. The van der Waals surface area contributed by atoms with Crippen LogP contribution in [0.3, 0.4) is 0 Å². The Kier molecular flexibility index (Phi) is 4.04. The highest BCUT2D eigenvalue weighted by atomic mass is 35.5. The van der Waals surface area contributed by atoms with Gasteiger partial charge in [0, 0.05) is 25.2 Å². The van der Waals surface area contributed by atoms with E-state index in [4.69, 9.17) is 23.2 Å². The molecule has 3 nitrogen and oxygen atoms in total. The monoisotopic (exact) mass is 282 g/mol. The molecule has 0 aliphatic rings. The average molecular weight is 283 g/mol. The molecular weight excluding hydrogens is 271 g/mol. The number of rotatable bonds is 4. The third kappa shape index (κ3) is 2.92. The smallest absolute Gasteiger partial charge is 0.164 e. The van der Waals surface area contributed by atoms with Crippen LogP contribution in [0.4, 0.5) is 0 Å². The van der Waals surface area contributed by atoms with Gasteiger partial charge in [-0.2, -0.15) is 5.10 Å². The SMILES string of the molecule is Cn1cc(CCC(=O)c2cccc(Cl)c2Cl)cn1. The lowest BCUT2D eigenvalue weighted by atomic mass is 10.0. The van der Waals surface area contributed by atoms with Gasteiger partial charge < -0.3 is 0 Å². The van der Waals surface area contributed by atoms with Gasteiger partial charge in [0.05, 0.1) is 16.2 Å². The molecule has 2 aromatic rings. The average Bonchev–Trinajstić information content (AvgIpc) is 2.76. The van der Waals surface area contributed by atoms with Crippen molar-refractivity contribution in [3.8, 4) is 0 Å². The van der Waals surface area contributed by atoms with Crippen LogP contribution in [-0.2, 0) is 13.5 Å².